The highest BCUT2D eigenvalue weighted by molar-refractivity contribution is 6.00. The van der Waals surface area contributed by atoms with Crippen molar-refractivity contribution in [3.05, 3.63) is 29.8 Å². The fraction of sp³-hybridized carbons (Fsp3) is 0.611. The lowest BCUT2D eigenvalue weighted by atomic mass is 9.95. The number of likely N-dealkylation sites (tertiary alicyclic amines) is 1. The minimum absolute atomic E-state index is 0.192. The normalized spacial score (nSPS) is 23.6. The van der Waals surface area contributed by atoms with Gasteiger partial charge < -0.3 is 4.74 Å². The summed E-state index contributed by atoms with van der Waals surface area (Å²) in [5.74, 6) is 1.70. The van der Waals surface area contributed by atoms with E-state index in [0.717, 1.165) is 18.0 Å². The van der Waals surface area contributed by atoms with Crippen LogP contribution < -0.4 is 4.74 Å². The van der Waals surface area contributed by atoms with Gasteiger partial charge in [-0.3, -0.25) is 9.69 Å². The molecule has 1 aromatic rings. The van der Waals surface area contributed by atoms with Crippen LogP contribution in [-0.4, -0.2) is 36.9 Å². The topological polar surface area (TPSA) is 29.5 Å². The van der Waals surface area contributed by atoms with Crippen LogP contribution in [0.5, 0.6) is 5.75 Å². The predicted molar refractivity (Wildman–Crippen MR) is 83.9 cm³/mol. The maximum Gasteiger partial charge on any atom is 0.180 e. The SMILES string of the molecule is COc1ccccc1C(=O)CN1CCCC1C1CCCC1. The molecule has 0 amide bonds. The van der Waals surface area contributed by atoms with Crippen LogP contribution >= 0.6 is 0 Å². The molecule has 2 aliphatic rings. The summed E-state index contributed by atoms with van der Waals surface area (Å²) in [7, 11) is 1.63. The summed E-state index contributed by atoms with van der Waals surface area (Å²) in [5.41, 5.74) is 0.720. The molecule has 1 saturated carbocycles. The standard InChI is InChI=1S/C18H25NO2/c1-21-18-11-5-4-9-15(18)17(20)13-19-12-6-10-16(19)14-7-2-3-8-14/h4-5,9,11,14,16H,2-3,6-8,10,12-13H2,1H3. The fourth-order valence-corrected chi connectivity index (χ4v) is 4.07. The summed E-state index contributed by atoms with van der Waals surface area (Å²) in [6.45, 7) is 1.61. The van der Waals surface area contributed by atoms with E-state index in [0.29, 0.717) is 18.3 Å². The van der Waals surface area contributed by atoms with E-state index in [1.54, 1.807) is 7.11 Å². The van der Waals surface area contributed by atoms with Gasteiger partial charge in [-0.15, -0.1) is 0 Å². The molecule has 1 unspecified atom stereocenters. The molecule has 1 heterocycles. The number of benzene rings is 1. The lowest BCUT2D eigenvalue weighted by molar-refractivity contribution is 0.0893. The summed E-state index contributed by atoms with van der Waals surface area (Å²) < 4.78 is 5.32. The molecule has 114 valence electrons. The monoisotopic (exact) mass is 287 g/mol. The molecule has 1 aromatic carbocycles. The van der Waals surface area contributed by atoms with Gasteiger partial charge in [0.2, 0.25) is 0 Å². The zero-order chi connectivity index (χ0) is 14.7. The Balaban J connectivity index is 1.68. The van der Waals surface area contributed by atoms with Crippen LogP contribution in [0.4, 0.5) is 0 Å². The summed E-state index contributed by atoms with van der Waals surface area (Å²) >= 11 is 0. The van der Waals surface area contributed by atoms with E-state index in [1.807, 2.05) is 24.3 Å². The molecule has 3 rings (SSSR count). The second-order valence-electron chi connectivity index (χ2n) is 6.35. The molecular weight excluding hydrogens is 262 g/mol. The van der Waals surface area contributed by atoms with Crippen LogP contribution in [0, 0.1) is 5.92 Å². The van der Waals surface area contributed by atoms with E-state index in [4.69, 9.17) is 4.74 Å². The fourth-order valence-electron chi connectivity index (χ4n) is 4.07. The molecule has 1 aliphatic heterocycles. The highest BCUT2D eigenvalue weighted by Gasteiger charge is 2.34. The van der Waals surface area contributed by atoms with Gasteiger partial charge >= 0.3 is 0 Å². The third kappa shape index (κ3) is 3.13. The molecule has 0 bridgehead atoms. The van der Waals surface area contributed by atoms with Gasteiger partial charge in [-0.2, -0.15) is 0 Å². The maximum atomic E-state index is 12.6. The largest absolute Gasteiger partial charge is 0.496 e. The van der Waals surface area contributed by atoms with Crippen LogP contribution in [-0.2, 0) is 0 Å². The van der Waals surface area contributed by atoms with Gasteiger partial charge in [-0.25, -0.2) is 0 Å². The zero-order valence-electron chi connectivity index (χ0n) is 12.9. The van der Waals surface area contributed by atoms with E-state index in [9.17, 15) is 4.79 Å². The van der Waals surface area contributed by atoms with Gasteiger partial charge in [0.1, 0.15) is 5.75 Å². The van der Waals surface area contributed by atoms with Crippen LogP contribution in [0.25, 0.3) is 0 Å². The molecule has 1 atom stereocenters. The minimum atomic E-state index is 0.192. The zero-order valence-corrected chi connectivity index (χ0v) is 12.9. The molecule has 21 heavy (non-hydrogen) atoms. The third-order valence-electron chi connectivity index (χ3n) is 5.11. The number of carbonyl (C=O) groups excluding carboxylic acids is 1. The van der Waals surface area contributed by atoms with E-state index >= 15 is 0 Å². The lowest BCUT2D eigenvalue weighted by Gasteiger charge is -2.28. The van der Waals surface area contributed by atoms with Crippen LogP contribution in [0.1, 0.15) is 48.9 Å². The van der Waals surface area contributed by atoms with Gasteiger partial charge in [0.15, 0.2) is 5.78 Å². The van der Waals surface area contributed by atoms with Crippen molar-refractivity contribution in [1.29, 1.82) is 0 Å². The predicted octanol–water partition coefficient (Wildman–Crippen LogP) is 3.53. The van der Waals surface area contributed by atoms with Crippen LogP contribution in [0.15, 0.2) is 24.3 Å². The van der Waals surface area contributed by atoms with Gasteiger partial charge in [-0.05, 0) is 50.3 Å². The maximum absolute atomic E-state index is 12.6. The van der Waals surface area contributed by atoms with Crippen molar-refractivity contribution < 1.29 is 9.53 Å². The number of nitrogens with zero attached hydrogens (tertiary/aromatic N) is 1. The van der Waals surface area contributed by atoms with Crippen molar-refractivity contribution >= 4 is 5.78 Å². The molecule has 0 N–H and O–H groups in total. The van der Waals surface area contributed by atoms with E-state index in [2.05, 4.69) is 4.90 Å². The molecule has 1 aliphatic carbocycles. The van der Waals surface area contributed by atoms with Crippen molar-refractivity contribution in [2.45, 2.75) is 44.6 Å². The van der Waals surface area contributed by atoms with Crippen molar-refractivity contribution in [2.75, 3.05) is 20.2 Å². The quantitative estimate of drug-likeness (QED) is 0.776. The first kappa shape index (κ1) is 14.6. The van der Waals surface area contributed by atoms with Crippen molar-refractivity contribution in [3.63, 3.8) is 0 Å². The first-order chi connectivity index (χ1) is 10.3. The highest BCUT2D eigenvalue weighted by atomic mass is 16.5. The van der Waals surface area contributed by atoms with Crippen molar-refractivity contribution in [1.82, 2.24) is 4.90 Å². The average molecular weight is 287 g/mol. The Morgan fingerprint density at radius 2 is 1.95 bits per heavy atom. The molecule has 1 saturated heterocycles. The molecular formula is C18H25NO2. The van der Waals surface area contributed by atoms with Gasteiger partial charge in [0.05, 0.1) is 19.2 Å². The summed E-state index contributed by atoms with van der Waals surface area (Å²) in [4.78, 5) is 15.0. The van der Waals surface area contributed by atoms with Crippen molar-refractivity contribution in [2.24, 2.45) is 5.92 Å². The lowest BCUT2D eigenvalue weighted by Crippen LogP contribution is -2.38. The molecule has 0 radical (unpaired) electrons. The number of Topliss-reactive ketones (excluding diaryl/α,β-unsaturated/α-hetero) is 1. The average Bonchev–Trinajstić information content (AvgIpc) is 3.17. The molecule has 2 fully saturated rings. The Morgan fingerprint density at radius 3 is 2.71 bits per heavy atom. The summed E-state index contributed by atoms with van der Waals surface area (Å²) in [6.07, 6.45) is 7.95. The van der Waals surface area contributed by atoms with E-state index in [1.165, 1.54) is 38.5 Å². The smallest absolute Gasteiger partial charge is 0.180 e. The minimum Gasteiger partial charge on any atom is -0.496 e. The number of ether oxygens (including phenoxy) is 1. The Labute approximate surface area is 127 Å². The Bertz CT molecular complexity index is 494. The number of rotatable bonds is 5. The van der Waals surface area contributed by atoms with E-state index < -0.39 is 0 Å². The first-order valence-corrected chi connectivity index (χ1v) is 8.20. The van der Waals surface area contributed by atoms with Crippen LogP contribution in [0.3, 0.4) is 0 Å². The van der Waals surface area contributed by atoms with Gasteiger partial charge in [-0.1, -0.05) is 25.0 Å². The number of methoxy groups -OCH3 is 1. The molecule has 3 nitrogen and oxygen atoms in total. The number of carbonyl (C=O) groups is 1. The second kappa shape index (κ2) is 6.61. The summed E-state index contributed by atoms with van der Waals surface area (Å²) in [5, 5.41) is 0. The van der Waals surface area contributed by atoms with Crippen molar-refractivity contribution in [3.8, 4) is 5.75 Å². The second-order valence-corrected chi connectivity index (χ2v) is 6.35. The molecule has 0 aromatic heterocycles. The number of hydrogen-bond acceptors (Lipinski definition) is 3. The Hall–Kier alpha value is -1.35. The summed E-state index contributed by atoms with van der Waals surface area (Å²) in [6, 6.07) is 8.19. The van der Waals surface area contributed by atoms with E-state index in [-0.39, 0.29) is 5.78 Å². The Kier molecular flexibility index (Phi) is 4.59. The molecule has 3 heteroatoms. The van der Waals surface area contributed by atoms with Gasteiger partial charge in [0.25, 0.3) is 0 Å². The van der Waals surface area contributed by atoms with Gasteiger partial charge in [0, 0.05) is 6.04 Å². The Morgan fingerprint density at radius 1 is 1.19 bits per heavy atom. The first-order valence-electron chi connectivity index (χ1n) is 8.20. The third-order valence-corrected chi connectivity index (χ3v) is 5.11. The number of hydrogen-bond donors (Lipinski definition) is 0. The highest BCUT2D eigenvalue weighted by Crippen LogP contribution is 2.35. The van der Waals surface area contributed by atoms with Crippen LogP contribution in [0.2, 0.25) is 0 Å². The number of para-hydroxylation sites is 1. The molecule has 0 spiro atoms. The number of ketones is 1.